The molecule has 112 valence electrons. The maximum absolute atomic E-state index is 11.3. The van der Waals surface area contributed by atoms with Crippen LogP contribution in [0.15, 0.2) is 11.6 Å². The lowest BCUT2D eigenvalue weighted by Crippen LogP contribution is -2.55. The molecule has 2 bridgehead atoms. The molecule has 2 aliphatic carbocycles. The molecule has 3 aliphatic rings. The van der Waals surface area contributed by atoms with Gasteiger partial charge in [-0.3, -0.25) is 4.79 Å². The monoisotopic (exact) mass is 282 g/mol. The van der Waals surface area contributed by atoms with Gasteiger partial charge in [0.2, 0.25) is 0 Å². The molecule has 3 rings (SSSR count). The minimum atomic E-state index is -1.13. The summed E-state index contributed by atoms with van der Waals surface area (Å²) >= 11 is 0. The highest BCUT2D eigenvalue weighted by molar-refractivity contribution is 5.69. The number of hydrogen-bond donors (Lipinski definition) is 3. The Balaban J connectivity index is 2.04. The molecule has 1 saturated heterocycles. The van der Waals surface area contributed by atoms with E-state index >= 15 is 0 Å². The second kappa shape index (κ2) is 3.64. The van der Waals surface area contributed by atoms with Crippen molar-refractivity contribution in [3.05, 3.63) is 11.6 Å². The van der Waals surface area contributed by atoms with Crippen LogP contribution in [0.4, 0.5) is 0 Å². The van der Waals surface area contributed by atoms with Crippen molar-refractivity contribution in [3.63, 3.8) is 0 Å². The summed E-state index contributed by atoms with van der Waals surface area (Å²) in [6, 6.07) is 0. The minimum absolute atomic E-state index is 0.0725. The fourth-order valence-corrected chi connectivity index (χ4v) is 5.04. The molecule has 0 aromatic carbocycles. The summed E-state index contributed by atoms with van der Waals surface area (Å²) < 4.78 is 5.83. The Morgan fingerprint density at radius 3 is 2.55 bits per heavy atom. The summed E-state index contributed by atoms with van der Waals surface area (Å²) in [6.07, 6.45) is 2.57. The summed E-state index contributed by atoms with van der Waals surface area (Å²) in [5.41, 5.74) is -2.70. The summed E-state index contributed by atoms with van der Waals surface area (Å²) in [6.45, 7) is 5.96. The molecule has 0 unspecified atom stereocenters. The highest BCUT2D eigenvalue weighted by Gasteiger charge is 2.82. The van der Waals surface area contributed by atoms with E-state index in [4.69, 9.17) is 9.84 Å². The highest BCUT2D eigenvalue weighted by atomic mass is 16.5. The van der Waals surface area contributed by atoms with Crippen LogP contribution in [-0.4, -0.2) is 44.7 Å². The second-order valence-electron chi connectivity index (χ2n) is 7.36. The van der Waals surface area contributed by atoms with E-state index in [9.17, 15) is 15.0 Å². The normalized spacial score (nSPS) is 53.6. The lowest BCUT2D eigenvalue weighted by molar-refractivity contribution is -0.136. The van der Waals surface area contributed by atoms with Crippen molar-refractivity contribution in [3.8, 4) is 0 Å². The molecule has 0 radical (unpaired) electrons. The van der Waals surface area contributed by atoms with E-state index < -0.39 is 34.1 Å². The van der Waals surface area contributed by atoms with E-state index in [0.717, 1.165) is 0 Å². The van der Waals surface area contributed by atoms with Gasteiger partial charge in [0.25, 0.3) is 0 Å². The van der Waals surface area contributed by atoms with Gasteiger partial charge in [-0.2, -0.15) is 0 Å². The van der Waals surface area contributed by atoms with Crippen molar-refractivity contribution in [1.82, 2.24) is 0 Å². The van der Waals surface area contributed by atoms with Gasteiger partial charge < -0.3 is 20.1 Å². The Morgan fingerprint density at radius 1 is 1.35 bits per heavy atom. The number of fused-ring (bicyclic) bond motifs is 1. The zero-order valence-electron chi connectivity index (χ0n) is 12.1. The first-order chi connectivity index (χ1) is 9.06. The van der Waals surface area contributed by atoms with Crippen LogP contribution in [0.5, 0.6) is 0 Å². The van der Waals surface area contributed by atoms with Crippen LogP contribution in [0.1, 0.15) is 40.0 Å². The van der Waals surface area contributed by atoms with Crippen LogP contribution in [-0.2, 0) is 9.53 Å². The van der Waals surface area contributed by atoms with E-state index in [0.29, 0.717) is 25.0 Å². The van der Waals surface area contributed by atoms with Crippen molar-refractivity contribution >= 4 is 5.97 Å². The molecule has 5 heteroatoms. The van der Waals surface area contributed by atoms with Gasteiger partial charge in [0.05, 0.1) is 24.2 Å². The van der Waals surface area contributed by atoms with Gasteiger partial charge in [0.1, 0.15) is 5.60 Å². The predicted octanol–water partition coefficient (Wildman–Crippen LogP) is 1.09. The van der Waals surface area contributed by atoms with E-state index in [1.165, 1.54) is 0 Å². The minimum Gasteiger partial charge on any atom is -0.481 e. The number of hydrogen-bond acceptors (Lipinski definition) is 4. The Hall–Kier alpha value is -0.910. The van der Waals surface area contributed by atoms with Crippen molar-refractivity contribution in [2.24, 2.45) is 11.3 Å². The topological polar surface area (TPSA) is 87.0 Å². The van der Waals surface area contributed by atoms with Crippen molar-refractivity contribution in [1.29, 1.82) is 0 Å². The van der Waals surface area contributed by atoms with E-state index in [2.05, 4.69) is 0 Å². The van der Waals surface area contributed by atoms with Crippen LogP contribution < -0.4 is 0 Å². The Kier molecular flexibility index (Phi) is 2.56. The molecule has 1 aliphatic heterocycles. The fraction of sp³-hybridized carbons (Fsp3) is 0.800. The van der Waals surface area contributed by atoms with Gasteiger partial charge in [0.15, 0.2) is 0 Å². The summed E-state index contributed by atoms with van der Waals surface area (Å²) in [5, 5.41) is 31.1. The molecule has 5 atom stereocenters. The number of ether oxygens (including phenoxy) is 1. The van der Waals surface area contributed by atoms with Crippen molar-refractivity contribution in [2.75, 3.05) is 6.61 Å². The summed E-state index contributed by atoms with van der Waals surface area (Å²) in [7, 11) is 0. The molecule has 0 spiro atoms. The van der Waals surface area contributed by atoms with Gasteiger partial charge in [-0.1, -0.05) is 18.6 Å². The Bertz CT molecular complexity index is 490. The van der Waals surface area contributed by atoms with Gasteiger partial charge in [-0.15, -0.1) is 0 Å². The van der Waals surface area contributed by atoms with Crippen LogP contribution in [0.2, 0.25) is 0 Å². The zero-order valence-corrected chi connectivity index (χ0v) is 12.1. The summed E-state index contributed by atoms with van der Waals surface area (Å²) in [5.74, 6) is -1.37. The average Bonchev–Trinajstić information content (AvgIpc) is 2.59. The third-order valence-electron chi connectivity index (χ3n) is 5.69. The average molecular weight is 282 g/mol. The quantitative estimate of drug-likeness (QED) is 0.674. The predicted molar refractivity (Wildman–Crippen MR) is 71.1 cm³/mol. The number of rotatable bonds is 3. The smallest absolute Gasteiger partial charge is 0.307 e. The van der Waals surface area contributed by atoms with Crippen LogP contribution in [0, 0.1) is 11.3 Å². The third kappa shape index (κ3) is 1.41. The molecule has 3 N–H and O–H groups in total. The zero-order chi connectivity index (χ0) is 15.0. The highest BCUT2D eigenvalue weighted by Crippen LogP contribution is 2.72. The molecule has 1 heterocycles. The molecule has 3 fully saturated rings. The first kappa shape index (κ1) is 14.0. The lowest BCUT2D eigenvalue weighted by atomic mass is 9.66. The number of carboxylic acids is 1. The standard InChI is InChI=1S/C15H22O5/c1-9(5-11(16)17)4-10-14(18)6-12(2)8-20-13(3,7-14)15(10,12)19/h4,10,18-19H,5-8H2,1-3H3,(H,16,17)/b9-4+/t10-,12-,13-,14-,15+/m1/s1. The number of aliphatic carboxylic acids is 1. The molecular weight excluding hydrogens is 260 g/mol. The van der Waals surface area contributed by atoms with Gasteiger partial charge >= 0.3 is 5.97 Å². The molecular formula is C15H22O5. The van der Waals surface area contributed by atoms with Crippen LogP contribution >= 0.6 is 0 Å². The van der Waals surface area contributed by atoms with Gasteiger partial charge in [-0.05, 0) is 20.3 Å². The molecule has 0 aromatic rings. The number of carboxylic acid groups (broad SMARTS) is 1. The van der Waals surface area contributed by atoms with Gasteiger partial charge in [0, 0.05) is 17.8 Å². The maximum Gasteiger partial charge on any atom is 0.307 e. The van der Waals surface area contributed by atoms with E-state index in [1.807, 2.05) is 13.8 Å². The molecule has 20 heavy (non-hydrogen) atoms. The van der Waals surface area contributed by atoms with Crippen LogP contribution in [0.25, 0.3) is 0 Å². The molecule has 0 amide bonds. The van der Waals surface area contributed by atoms with Gasteiger partial charge in [-0.25, -0.2) is 0 Å². The third-order valence-corrected chi connectivity index (χ3v) is 5.69. The molecule has 2 saturated carbocycles. The first-order valence-electron chi connectivity index (χ1n) is 7.04. The SMILES string of the molecule is C/C(=C\[C@@H]1[C@@]2(O)C[C@]3(C)CO[C@](C)(C2)[C@]13O)CC(=O)O. The lowest BCUT2D eigenvalue weighted by Gasteiger charge is -2.42. The van der Waals surface area contributed by atoms with E-state index in [-0.39, 0.29) is 6.42 Å². The Labute approximate surface area is 118 Å². The first-order valence-corrected chi connectivity index (χ1v) is 7.04. The Morgan fingerprint density at radius 2 is 2.00 bits per heavy atom. The maximum atomic E-state index is 11.3. The van der Waals surface area contributed by atoms with Crippen molar-refractivity contribution in [2.45, 2.75) is 56.8 Å². The second-order valence-corrected chi connectivity index (χ2v) is 7.36. The fourth-order valence-electron chi connectivity index (χ4n) is 5.04. The molecule has 5 nitrogen and oxygen atoms in total. The number of aliphatic hydroxyl groups is 2. The van der Waals surface area contributed by atoms with Crippen LogP contribution in [0.3, 0.4) is 0 Å². The summed E-state index contributed by atoms with van der Waals surface area (Å²) in [4.78, 5) is 10.8. The number of carbonyl (C=O) groups is 1. The van der Waals surface area contributed by atoms with E-state index in [1.54, 1.807) is 13.0 Å². The van der Waals surface area contributed by atoms with Crippen molar-refractivity contribution < 1.29 is 24.9 Å². The molecule has 0 aromatic heterocycles. The largest absolute Gasteiger partial charge is 0.481 e.